The average Bonchev–Trinajstić information content (AvgIpc) is 2.75. The lowest BCUT2D eigenvalue weighted by Crippen LogP contribution is -2.35. The molecule has 2 aromatic rings. The predicted molar refractivity (Wildman–Crippen MR) is 87.0 cm³/mol. The normalized spacial score (nSPS) is 11.8. The predicted octanol–water partition coefficient (Wildman–Crippen LogP) is 3.56. The number of hydrogen-bond donors (Lipinski definition) is 1. The van der Waals surface area contributed by atoms with Crippen molar-refractivity contribution in [2.24, 2.45) is 0 Å². The minimum atomic E-state index is -0.185. The van der Waals surface area contributed by atoms with Crippen molar-refractivity contribution >= 4 is 22.6 Å². The van der Waals surface area contributed by atoms with Gasteiger partial charge < -0.3 is 5.32 Å². The molecule has 1 aromatic carbocycles. The van der Waals surface area contributed by atoms with Gasteiger partial charge in [0.25, 0.3) is 0 Å². The van der Waals surface area contributed by atoms with Crippen LogP contribution in [0.4, 0.5) is 4.39 Å². The molecule has 0 radical (unpaired) electrons. The molecule has 0 aliphatic rings. The van der Waals surface area contributed by atoms with Gasteiger partial charge in [0.15, 0.2) is 0 Å². The van der Waals surface area contributed by atoms with Crippen LogP contribution in [0.25, 0.3) is 0 Å². The highest BCUT2D eigenvalue weighted by Gasteiger charge is 2.10. The molecule has 0 aliphatic heterocycles. The van der Waals surface area contributed by atoms with Crippen LogP contribution in [0, 0.1) is 9.39 Å². The van der Waals surface area contributed by atoms with Crippen molar-refractivity contribution in [3.8, 4) is 0 Å². The molecule has 108 valence electrons. The van der Waals surface area contributed by atoms with Crippen LogP contribution in [-0.4, -0.2) is 15.3 Å². The first kappa shape index (κ1) is 15.4. The summed E-state index contributed by atoms with van der Waals surface area (Å²) in [5.74, 6) is -0.185. The SMILES string of the molecule is CC(C)(C)NCc1ccc(F)c(Cn2cc(I)cn2)c1. The van der Waals surface area contributed by atoms with Gasteiger partial charge in [-0.1, -0.05) is 6.07 Å². The first-order valence-corrected chi connectivity index (χ1v) is 7.62. The molecular formula is C15H19FIN3. The van der Waals surface area contributed by atoms with Crippen LogP contribution in [0.3, 0.4) is 0 Å². The summed E-state index contributed by atoms with van der Waals surface area (Å²) in [6, 6.07) is 5.26. The molecule has 0 unspecified atom stereocenters. The molecular weight excluding hydrogens is 368 g/mol. The molecule has 20 heavy (non-hydrogen) atoms. The molecule has 0 amide bonds. The summed E-state index contributed by atoms with van der Waals surface area (Å²) in [4.78, 5) is 0. The van der Waals surface area contributed by atoms with E-state index in [1.54, 1.807) is 10.9 Å². The van der Waals surface area contributed by atoms with Gasteiger partial charge >= 0.3 is 0 Å². The van der Waals surface area contributed by atoms with E-state index in [1.165, 1.54) is 6.07 Å². The molecule has 0 bridgehead atoms. The second-order valence-corrected chi connectivity index (χ2v) is 7.13. The highest BCUT2D eigenvalue weighted by atomic mass is 127. The van der Waals surface area contributed by atoms with Crippen LogP contribution in [0.1, 0.15) is 31.9 Å². The summed E-state index contributed by atoms with van der Waals surface area (Å²) >= 11 is 2.19. The molecule has 2 rings (SSSR count). The van der Waals surface area contributed by atoms with Gasteiger partial charge in [-0.05, 0) is 61.1 Å². The van der Waals surface area contributed by atoms with E-state index in [-0.39, 0.29) is 11.4 Å². The molecule has 1 heterocycles. The molecule has 0 fully saturated rings. The van der Waals surface area contributed by atoms with E-state index in [9.17, 15) is 4.39 Å². The number of aromatic nitrogens is 2. The summed E-state index contributed by atoms with van der Waals surface area (Å²) in [7, 11) is 0. The van der Waals surface area contributed by atoms with Gasteiger partial charge in [0, 0.05) is 23.8 Å². The zero-order chi connectivity index (χ0) is 14.8. The quantitative estimate of drug-likeness (QED) is 0.814. The lowest BCUT2D eigenvalue weighted by Gasteiger charge is -2.20. The molecule has 0 aliphatic carbocycles. The van der Waals surface area contributed by atoms with Crippen LogP contribution in [0.5, 0.6) is 0 Å². The van der Waals surface area contributed by atoms with Crippen molar-refractivity contribution in [2.75, 3.05) is 0 Å². The van der Waals surface area contributed by atoms with Crippen LogP contribution in [0.2, 0.25) is 0 Å². The number of rotatable bonds is 4. The molecule has 1 N–H and O–H groups in total. The Morgan fingerprint density at radius 3 is 2.70 bits per heavy atom. The molecule has 0 saturated carbocycles. The van der Waals surface area contributed by atoms with Crippen LogP contribution < -0.4 is 5.32 Å². The molecule has 3 nitrogen and oxygen atoms in total. The first-order valence-electron chi connectivity index (χ1n) is 6.54. The lowest BCUT2D eigenvalue weighted by molar-refractivity contribution is 0.424. The van der Waals surface area contributed by atoms with Crippen molar-refractivity contribution in [2.45, 2.75) is 39.4 Å². The van der Waals surface area contributed by atoms with Crippen LogP contribution in [-0.2, 0) is 13.1 Å². The van der Waals surface area contributed by atoms with Gasteiger partial charge in [-0.25, -0.2) is 4.39 Å². The summed E-state index contributed by atoms with van der Waals surface area (Å²) in [5, 5.41) is 7.60. The Labute approximate surface area is 132 Å². The monoisotopic (exact) mass is 387 g/mol. The van der Waals surface area contributed by atoms with Crippen molar-refractivity contribution in [1.29, 1.82) is 0 Å². The van der Waals surface area contributed by atoms with E-state index >= 15 is 0 Å². The molecule has 1 aromatic heterocycles. The van der Waals surface area contributed by atoms with E-state index in [1.807, 2.05) is 18.3 Å². The third-order valence-electron chi connectivity index (χ3n) is 2.87. The number of halogens is 2. The molecule has 0 atom stereocenters. The topological polar surface area (TPSA) is 29.9 Å². The van der Waals surface area contributed by atoms with Gasteiger partial charge in [-0.3, -0.25) is 4.68 Å². The Morgan fingerprint density at radius 2 is 2.10 bits per heavy atom. The second kappa shape index (κ2) is 6.22. The Hall–Kier alpha value is -0.950. The van der Waals surface area contributed by atoms with Gasteiger partial charge in [-0.2, -0.15) is 5.10 Å². The third-order valence-corrected chi connectivity index (χ3v) is 3.42. The zero-order valence-electron chi connectivity index (χ0n) is 12.0. The van der Waals surface area contributed by atoms with Crippen LogP contribution >= 0.6 is 22.6 Å². The summed E-state index contributed by atoms with van der Waals surface area (Å²) in [6.07, 6.45) is 3.67. The Morgan fingerprint density at radius 1 is 1.35 bits per heavy atom. The number of nitrogens with zero attached hydrogens (tertiary/aromatic N) is 2. The van der Waals surface area contributed by atoms with E-state index in [0.29, 0.717) is 12.1 Å². The molecule has 5 heteroatoms. The summed E-state index contributed by atoms with van der Waals surface area (Å²) < 4.78 is 16.7. The zero-order valence-corrected chi connectivity index (χ0v) is 14.1. The largest absolute Gasteiger partial charge is 0.308 e. The van der Waals surface area contributed by atoms with E-state index in [4.69, 9.17) is 0 Å². The maximum Gasteiger partial charge on any atom is 0.128 e. The number of benzene rings is 1. The Bertz CT molecular complexity index is 587. The lowest BCUT2D eigenvalue weighted by atomic mass is 10.1. The Kier molecular flexibility index (Phi) is 4.80. The van der Waals surface area contributed by atoms with Crippen molar-refractivity contribution < 1.29 is 4.39 Å². The highest BCUT2D eigenvalue weighted by molar-refractivity contribution is 14.1. The Balaban J connectivity index is 2.12. The standard InChI is InChI=1S/C15H19FIN3/c1-15(2,3)18-7-11-4-5-14(16)12(6-11)9-20-10-13(17)8-19-20/h4-6,8,10,18H,7,9H2,1-3H3. The summed E-state index contributed by atoms with van der Waals surface area (Å²) in [5.41, 5.74) is 1.79. The summed E-state index contributed by atoms with van der Waals surface area (Å²) in [6.45, 7) is 7.53. The third kappa shape index (κ3) is 4.56. The van der Waals surface area contributed by atoms with Crippen LogP contribution in [0.15, 0.2) is 30.6 Å². The fourth-order valence-corrected chi connectivity index (χ4v) is 2.27. The van der Waals surface area contributed by atoms with Crippen molar-refractivity contribution in [3.63, 3.8) is 0 Å². The maximum atomic E-state index is 13.9. The van der Waals surface area contributed by atoms with Gasteiger partial charge in [0.1, 0.15) is 5.82 Å². The second-order valence-electron chi connectivity index (χ2n) is 5.89. The molecule has 0 saturated heterocycles. The van der Waals surface area contributed by atoms with Gasteiger partial charge in [0.2, 0.25) is 0 Å². The van der Waals surface area contributed by atoms with E-state index < -0.39 is 0 Å². The minimum absolute atomic E-state index is 0.0483. The highest BCUT2D eigenvalue weighted by Crippen LogP contribution is 2.14. The number of hydrogen-bond acceptors (Lipinski definition) is 2. The van der Waals surface area contributed by atoms with Crippen molar-refractivity contribution in [3.05, 3.63) is 51.1 Å². The minimum Gasteiger partial charge on any atom is -0.308 e. The first-order chi connectivity index (χ1) is 9.33. The van der Waals surface area contributed by atoms with E-state index in [2.05, 4.69) is 53.8 Å². The smallest absolute Gasteiger partial charge is 0.128 e. The fourth-order valence-electron chi connectivity index (χ4n) is 1.83. The van der Waals surface area contributed by atoms with Crippen molar-refractivity contribution in [1.82, 2.24) is 15.1 Å². The fraction of sp³-hybridized carbons (Fsp3) is 0.400. The average molecular weight is 387 g/mol. The number of nitrogens with one attached hydrogen (secondary N) is 1. The maximum absolute atomic E-state index is 13.9. The molecule has 0 spiro atoms. The van der Waals surface area contributed by atoms with E-state index in [0.717, 1.165) is 15.7 Å². The van der Waals surface area contributed by atoms with Gasteiger partial charge in [0.05, 0.1) is 16.3 Å². The van der Waals surface area contributed by atoms with Gasteiger partial charge in [-0.15, -0.1) is 0 Å².